The molecule has 1 aromatic heterocycles. The first-order valence-corrected chi connectivity index (χ1v) is 10.5. The number of nitrogens with one attached hydrogen (secondary N) is 3. The third kappa shape index (κ3) is 3.47. The SMILES string of the molecule is NC1CCCCC1Nc1cc2c(c(-c3cnc4c(c3)NC(=O)CO4)c1)C(=O)NCC2. The number of ether oxygens (including phenoxy) is 1. The second kappa shape index (κ2) is 7.60. The van der Waals surface area contributed by atoms with Crippen LogP contribution < -0.4 is 26.4 Å². The van der Waals surface area contributed by atoms with Crippen molar-refractivity contribution in [1.82, 2.24) is 10.3 Å². The Hall–Kier alpha value is -3.13. The van der Waals surface area contributed by atoms with Crippen molar-refractivity contribution in [3.8, 4) is 17.0 Å². The normalized spacial score (nSPS) is 22.8. The summed E-state index contributed by atoms with van der Waals surface area (Å²) in [7, 11) is 0. The first-order chi connectivity index (χ1) is 14.6. The molecule has 30 heavy (non-hydrogen) atoms. The van der Waals surface area contributed by atoms with Gasteiger partial charge in [-0.15, -0.1) is 0 Å². The molecule has 1 aliphatic carbocycles. The largest absolute Gasteiger partial charge is 0.466 e. The van der Waals surface area contributed by atoms with Crippen molar-refractivity contribution in [2.45, 2.75) is 44.2 Å². The van der Waals surface area contributed by atoms with Crippen LogP contribution in [-0.4, -0.2) is 42.0 Å². The summed E-state index contributed by atoms with van der Waals surface area (Å²) in [5, 5.41) is 9.32. The number of amides is 2. The molecule has 0 bridgehead atoms. The van der Waals surface area contributed by atoms with E-state index in [1.54, 1.807) is 6.20 Å². The summed E-state index contributed by atoms with van der Waals surface area (Å²) in [6, 6.07) is 6.21. The summed E-state index contributed by atoms with van der Waals surface area (Å²) in [5.41, 5.74) is 11.0. The van der Waals surface area contributed by atoms with Crippen molar-refractivity contribution in [2.24, 2.45) is 5.73 Å². The third-order valence-electron chi connectivity index (χ3n) is 6.07. The lowest BCUT2D eigenvalue weighted by molar-refractivity contribution is -0.118. The number of pyridine rings is 1. The van der Waals surface area contributed by atoms with E-state index in [0.717, 1.165) is 41.6 Å². The molecule has 8 heteroatoms. The zero-order valence-electron chi connectivity index (χ0n) is 16.7. The van der Waals surface area contributed by atoms with Crippen LogP contribution in [0.15, 0.2) is 24.4 Å². The van der Waals surface area contributed by atoms with Gasteiger partial charge in [-0.1, -0.05) is 12.8 Å². The van der Waals surface area contributed by atoms with E-state index in [0.29, 0.717) is 23.7 Å². The maximum absolute atomic E-state index is 12.7. The van der Waals surface area contributed by atoms with Crippen LogP contribution in [0.3, 0.4) is 0 Å². The summed E-state index contributed by atoms with van der Waals surface area (Å²) in [6.07, 6.45) is 6.84. The molecule has 2 aliphatic heterocycles. The van der Waals surface area contributed by atoms with Crippen LogP contribution in [0.4, 0.5) is 11.4 Å². The van der Waals surface area contributed by atoms with Crippen molar-refractivity contribution in [3.05, 3.63) is 35.5 Å². The number of hydrogen-bond acceptors (Lipinski definition) is 6. The van der Waals surface area contributed by atoms with Gasteiger partial charge >= 0.3 is 0 Å². The quantitative estimate of drug-likeness (QED) is 0.618. The maximum atomic E-state index is 12.7. The Kier molecular flexibility index (Phi) is 4.78. The van der Waals surface area contributed by atoms with Gasteiger partial charge in [0.2, 0.25) is 5.88 Å². The molecule has 0 saturated heterocycles. The maximum Gasteiger partial charge on any atom is 0.262 e. The number of nitrogens with zero attached hydrogens (tertiary/aromatic N) is 1. The number of nitrogens with two attached hydrogens (primary N) is 1. The van der Waals surface area contributed by atoms with E-state index < -0.39 is 0 Å². The van der Waals surface area contributed by atoms with Crippen LogP contribution in [0.1, 0.15) is 41.6 Å². The van der Waals surface area contributed by atoms with Gasteiger partial charge in [0.05, 0.1) is 5.56 Å². The molecule has 156 valence electrons. The van der Waals surface area contributed by atoms with Crippen molar-refractivity contribution in [1.29, 1.82) is 0 Å². The molecule has 3 heterocycles. The third-order valence-corrected chi connectivity index (χ3v) is 6.07. The highest BCUT2D eigenvalue weighted by molar-refractivity contribution is 6.04. The van der Waals surface area contributed by atoms with E-state index in [-0.39, 0.29) is 30.5 Å². The molecule has 5 N–H and O–H groups in total. The van der Waals surface area contributed by atoms with Crippen LogP contribution in [0.2, 0.25) is 0 Å². The lowest BCUT2D eigenvalue weighted by atomic mass is 9.89. The first kappa shape index (κ1) is 18.9. The Morgan fingerprint density at radius 1 is 1.17 bits per heavy atom. The second-order valence-electron chi connectivity index (χ2n) is 8.18. The Morgan fingerprint density at radius 2 is 2.03 bits per heavy atom. The fourth-order valence-corrected chi connectivity index (χ4v) is 4.55. The molecular weight excluding hydrogens is 382 g/mol. The second-order valence-corrected chi connectivity index (χ2v) is 8.18. The fourth-order valence-electron chi connectivity index (χ4n) is 4.55. The van der Waals surface area contributed by atoms with Gasteiger partial charge in [-0.25, -0.2) is 4.98 Å². The highest BCUT2D eigenvalue weighted by Gasteiger charge is 2.26. The highest BCUT2D eigenvalue weighted by atomic mass is 16.5. The predicted octanol–water partition coefficient (Wildman–Crippen LogP) is 2.05. The lowest BCUT2D eigenvalue weighted by Gasteiger charge is -2.31. The molecule has 1 saturated carbocycles. The van der Waals surface area contributed by atoms with Gasteiger partial charge in [-0.2, -0.15) is 0 Å². The lowest BCUT2D eigenvalue weighted by Crippen LogP contribution is -2.42. The van der Waals surface area contributed by atoms with E-state index in [9.17, 15) is 9.59 Å². The Labute approximate surface area is 174 Å². The molecule has 0 radical (unpaired) electrons. The van der Waals surface area contributed by atoms with Crippen LogP contribution in [0.5, 0.6) is 5.88 Å². The first-order valence-electron chi connectivity index (χ1n) is 10.5. The van der Waals surface area contributed by atoms with Crippen molar-refractivity contribution in [3.63, 3.8) is 0 Å². The van der Waals surface area contributed by atoms with E-state index in [2.05, 4.69) is 27.0 Å². The van der Waals surface area contributed by atoms with Crippen molar-refractivity contribution >= 4 is 23.2 Å². The molecule has 2 atom stereocenters. The Balaban J connectivity index is 1.57. The Morgan fingerprint density at radius 3 is 2.90 bits per heavy atom. The smallest absolute Gasteiger partial charge is 0.262 e. The number of benzene rings is 1. The molecule has 8 nitrogen and oxygen atoms in total. The van der Waals surface area contributed by atoms with Gasteiger partial charge in [0, 0.05) is 36.1 Å². The molecular formula is C22H25N5O3. The van der Waals surface area contributed by atoms with Crippen LogP contribution in [0, 0.1) is 0 Å². The van der Waals surface area contributed by atoms with Gasteiger partial charge in [0.25, 0.3) is 11.8 Å². The molecule has 1 aromatic carbocycles. The van der Waals surface area contributed by atoms with Crippen molar-refractivity contribution in [2.75, 3.05) is 23.8 Å². The van der Waals surface area contributed by atoms with Gasteiger partial charge in [0.1, 0.15) is 5.69 Å². The Bertz CT molecular complexity index is 1020. The summed E-state index contributed by atoms with van der Waals surface area (Å²) < 4.78 is 5.37. The number of fused-ring (bicyclic) bond motifs is 2. The van der Waals surface area contributed by atoms with E-state index in [1.807, 2.05) is 12.1 Å². The number of carbonyl (C=O) groups excluding carboxylic acids is 2. The summed E-state index contributed by atoms with van der Waals surface area (Å²) >= 11 is 0. The number of hydrogen-bond donors (Lipinski definition) is 4. The van der Waals surface area contributed by atoms with Crippen LogP contribution in [0.25, 0.3) is 11.1 Å². The van der Waals surface area contributed by atoms with Gasteiger partial charge in [-0.05, 0) is 48.6 Å². The van der Waals surface area contributed by atoms with E-state index in [1.165, 1.54) is 12.8 Å². The number of rotatable bonds is 3. The average molecular weight is 407 g/mol. The minimum atomic E-state index is -0.220. The molecule has 2 aromatic rings. The standard InChI is InChI=1S/C22H25N5O3/c23-16-3-1-2-4-17(16)26-14-7-12-5-6-24-21(29)20(12)15(9-14)13-8-18-22(25-10-13)30-11-19(28)27-18/h7-10,16-17,26H,1-6,11,23H2,(H,24,29)(H,27,28). The zero-order valence-corrected chi connectivity index (χ0v) is 16.7. The van der Waals surface area contributed by atoms with E-state index >= 15 is 0 Å². The summed E-state index contributed by atoms with van der Waals surface area (Å²) in [5.74, 6) is 0.0761. The zero-order chi connectivity index (χ0) is 20.7. The average Bonchev–Trinajstić information content (AvgIpc) is 2.74. The van der Waals surface area contributed by atoms with Gasteiger partial charge in [-0.3, -0.25) is 9.59 Å². The van der Waals surface area contributed by atoms with Crippen molar-refractivity contribution < 1.29 is 14.3 Å². The number of anilines is 2. The topological polar surface area (TPSA) is 118 Å². The number of carbonyl (C=O) groups is 2. The minimum Gasteiger partial charge on any atom is -0.466 e. The van der Waals surface area contributed by atoms with Crippen LogP contribution in [-0.2, 0) is 11.2 Å². The minimum absolute atomic E-state index is 0.0435. The fraction of sp³-hybridized carbons (Fsp3) is 0.409. The molecule has 2 unspecified atom stereocenters. The predicted molar refractivity (Wildman–Crippen MR) is 114 cm³/mol. The molecule has 0 spiro atoms. The van der Waals surface area contributed by atoms with Gasteiger partial charge in [0.15, 0.2) is 6.61 Å². The molecule has 3 aliphatic rings. The monoisotopic (exact) mass is 407 g/mol. The number of aromatic nitrogens is 1. The molecule has 2 amide bonds. The summed E-state index contributed by atoms with van der Waals surface area (Å²) in [6.45, 7) is 0.572. The highest BCUT2D eigenvalue weighted by Crippen LogP contribution is 2.36. The van der Waals surface area contributed by atoms with Crippen LogP contribution >= 0.6 is 0 Å². The van der Waals surface area contributed by atoms with Gasteiger partial charge < -0.3 is 26.4 Å². The molecule has 5 rings (SSSR count). The summed E-state index contributed by atoms with van der Waals surface area (Å²) in [4.78, 5) is 28.8. The molecule has 1 fully saturated rings. The van der Waals surface area contributed by atoms with E-state index in [4.69, 9.17) is 10.5 Å².